The molecule has 2 atom stereocenters. The number of ether oxygens (including phenoxy) is 1. The largest absolute Gasteiger partial charge is 0.460 e. The maximum absolute atomic E-state index is 14.4. The summed E-state index contributed by atoms with van der Waals surface area (Å²) in [7, 11) is 0. The third kappa shape index (κ3) is 6.76. The fourth-order valence-corrected chi connectivity index (χ4v) is 3.82. The van der Waals surface area contributed by atoms with E-state index in [0.717, 1.165) is 12.1 Å². The number of hydrogen-bond donors (Lipinski definition) is 2. The number of halogens is 12. The van der Waals surface area contributed by atoms with Crippen molar-refractivity contribution in [3.05, 3.63) is 93.5 Å². The van der Waals surface area contributed by atoms with Crippen LogP contribution in [0, 0.1) is 0 Å². The second-order valence-electron chi connectivity index (χ2n) is 8.40. The predicted molar refractivity (Wildman–Crippen MR) is 126 cm³/mol. The smallest absolute Gasteiger partial charge is 0.456 e. The SMILES string of the molecule is O[C@H](CNC(c1cccc(Oc2cccc(Cl)c2Cl)c1)c1cccc(C(F)(F)C(F)(F)C(F)(F)F)c1)C(F)(F)F. The molecule has 40 heavy (non-hydrogen) atoms. The third-order valence-corrected chi connectivity index (χ3v) is 6.36. The van der Waals surface area contributed by atoms with E-state index in [4.69, 9.17) is 27.9 Å². The molecule has 0 spiro atoms. The molecule has 0 aliphatic carbocycles. The Hall–Kier alpha value is -2.74. The number of aliphatic hydroxyl groups is 1. The van der Waals surface area contributed by atoms with E-state index in [2.05, 4.69) is 5.32 Å². The van der Waals surface area contributed by atoms with Crippen molar-refractivity contribution in [3.63, 3.8) is 0 Å². The van der Waals surface area contributed by atoms with E-state index in [1.807, 2.05) is 0 Å². The zero-order valence-electron chi connectivity index (χ0n) is 19.6. The highest BCUT2D eigenvalue weighted by Crippen LogP contribution is 2.52. The lowest BCUT2D eigenvalue weighted by Gasteiger charge is -2.29. The molecule has 0 radical (unpaired) electrons. The van der Waals surface area contributed by atoms with E-state index in [-0.39, 0.29) is 27.1 Å². The standard InChI is InChI=1S/C25H17Cl2F10NO2/c26-17-8-3-9-18(20(17)27)40-16-7-2-5-14(11-16)21(38-12-19(39)23(30,31)32)13-4-1-6-15(10-13)22(28,29)24(33,34)25(35,36)37/h1-11,19,21,38-39H,12H2/t19-,21?/m1/s1. The van der Waals surface area contributed by atoms with Crippen LogP contribution in [0.3, 0.4) is 0 Å². The summed E-state index contributed by atoms with van der Waals surface area (Å²) in [6.07, 6.45) is -14.6. The number of hydrogen-bond acceptors (Lipinski definition) is 3. The van der Waals surface area contributed by atoms with Crippen LogP contribution in [0.5, 0.6) is 11.5 Å². The Labute approximate surface area is 230 Å². The van der Waals surface area contributed by atoms with Crippen LogP contribution in [-0.2, 0) is 5.92 Å². The van der Waals surface area contributed by atoms with Gasteiger partial charge in [0.2, 0.25) is 0 Å². The molecule has 0 heterocycles. The first-order chi connectivity index (χ1) is 18.4. The van der Waals surface area contributed by atoms with Crippen LogP contribution in [0.1, 0.15) is 22.7 Å². The third-order valence-electron chi connectivity index (χ3n) is 5.56. The van der Waals surface area contributed by atoms with Gasteiger partial charge in [0, 0.05) is 12.1 Å². The Morgan fingerprint density at radius 2 is 1.35 bits per heavy atom. The first-order valence-electron chi connectivity index (χ1n) is 11.0. The molecule has 0 bridgehead atoms. The Bertz CT molecular complexity index is 1330. The van der Waals surface area contributed by atoms with Crippen LogP contribution < -0.4 is 10.1 Å². The molecule has 0 aromatic heterocycles. The lowest BCUT2D eigenvalue weighted by Crippen LogP contribution is -2.50. The van der Waals surface area contributed by atoms with Crippen LogP contribution >= 0.6 is 23.2 Å². The molecule has 3 aromatic rings. The van der Waals surface area contributed by atoms with E-state index >= 15 is 0 Å². The van der Waals surface area contributed by atoms with Crippen molar-refractivity contribution in [2.45, 2.75) is 36.3 Å². The van der Waals surface area contributed by atoms with Crippen LogP contribution in [0.4, 0.5) is 43.9 Å². The van der Waals surface area contributed by atoms with Gasteiger partial charge in [0.25, 0.3) is 0 Å². The topological polar surface area (TPSA) is 41.5 Å². The Morgan fingerprint density at radius 1 is 0.775 bits per heavy atom. The van der Waals surface area contributed by atoms with E-state index < -0.39 is 54.0 Å². The molecular formula is C25H17Cl2F10NO2. The Kier molecular flexibility index (Phi) is 9.24. The van der Waals surface area contributed by atoms with E-state index in [0.29, 0.717) is 12.1 Å². The van der Waals surface area contributed by atoms with Crippen LogP contribution in [-0.4, -0.2) is 36.0 Å². The normalized spacial score (nSPS) is 14.6. The summed E-state index contributed by atoms with van der Waals surface area (Å²) in [5, 5.41) is 11.9. The average molecular weight is 624 g/mol. The van der Waals surface area contributed by atoms with Crippen LogP contribution in [0.15, 0.2) is 66.7 Å². The Morgan fingerprint density at radius 3 is 1.95 bits per heavy atom. The summed E-state index contributed by atoms with van der Waals surface area (Å²) in [6.45, 7) is -1.20. The van der Waals surface area contributed by atoms with Crippen molar-refractivity contribution in [2.75, 3.05) is 6.54 Å². The summed E-state index contributed by atoms with van der Waals surface area (Å²) in [6, 6.07) is 10.5. The van der Waals surface area contributed by atoms with Gasteiger partial charge in [0.05, 0.1) is 11.1 Å². The van der Waals surface area contributed by atoms with Gasteiger partial charge in [-0.05, 0) is 41.5 Å². The second kappa shape index (κ2) is 11.6. The number of rotatable bonds is 9. The molecule has 3 nitrogen and oxygen atoms in total. The van der Waals surface area contributed by atoms with Gasteiger partial charge in [-0.15, -0.1) is 0 Å². The van der Waals surface area contributed by atoms with Crippen molar-refractivity contribution >= 4 is 23.2 Å². The molecule has 1 unspecified atom stereocenters. The van der Waals surface area contributed by atoms with Gasteiger partial charge in [-0.3, -0.25) is 0 Å². The molecule has 2 N–H and O–H groups in total. The van der Waals surface area contributed by atoms with Gasteiger partial charge in [0.1, 0.15) is 16.5 Å². The minimum Gasteiger partial charge on any atom is -0.456 e. The van der Waals surface area contributed by atoms with E-state index in [9.17, 15) is 49.0 Å². The molecule has 0 saturated carbocycles. The van der Waals surface area contributed by atoms with Gasteiger partial charge in [0.15, 0.2) is 6.10 Å². The van der Waals surface area contributed by atoms with Crippen molar-refractivity contribution in [2.24, 2.45) is 0 Å². The molecule has 3 rings (SSSR count). The lowest BCUT2D eigenvalue weighted by atomic mass is 9.93. The van der Waals surface area contributed by atoms with Crippen molar-refractivity contribution in [1.82, 2.24) is 5.32 Å². The molecule has 0 aliphatic rings. The van der Waals surface area contributed by atoms with Gasteiger partial charge in [-0.1, -0.05) is 59.6 Å². The zero-order chi connectivity index (χ0) is 30.1. The highest BCUT2D eigenvalue weighted by atomic mass is 35.5. The minimum absolute atomic E-state index is 0.00747. The monoisotopic (exact) mass is 623 g/mol. The maximum Gasteiger partial charge on any atom is 0.460 e. The Balaban J connectivity index is 2.06. The molecule has 15 heteroatoms. The highest BCUT2D eigenvalue weighted by Gasteiger charge is 2.73. The number of nitrogens with one attached hydrogen (secondary N) is 1. The molecule has 0 aliphatic heterocycles. The second-order valence-corrected chi connectivity index (χ2v) is 9.18. The number of aliphatic hydroxyl groups excluding tert-OH is 1. The van der Waals surface area contributed by atoms with Crippen molar-refractivity contribution < 1.29 is 53.7 Å². The molecule has 3 aromatic carbocycles. The first-order valence-corrected chi connectivity index (χ1v) is 11.7. The molecule has 0 saturated heterocycles. The van der Waals surface area contributed by atoms with Gasteiger partial charge >= 0.3 is 24.2 Å². The van der Waals surface area contributed by atoms with E-state index in [1.54, 1.807) is 0 Å². The molecule has 0 amide bonds. The van der Waals surface area contributed by atoms with Crippen LogP contribution in [0.25, 0.3) is 0 Å². The summed E-state index contributed by atoms with van der Waals surface area (Å²) in [5.41, 5.74) is -2.15. The van der Waals surface area contributed by atoms with Gasteiger partial charge < -0.3 is 15.2 Å². The number of benzene rings is 3. The van der Waals surface area contributed by atoms with Gasteiger partial charge in [-0.25, -0.2) is 0 Å². The fraction of sp³-hybridized carbons (Fsp3) is 0.280. The zero-order valence-corrected chi connectivity index (χ0v) is 21.1. The first kappa shape index (κ1) is 31.8. The number of alkyl halides is 10. The van der Waals surface area contributed by atoms with Crippen molar-refractivity contribution in [3.8, 4) is 11.5 Å². The van der Waals surface area contributed by atoms with Crippen LogP contribution in [0.2, 0.25) is 10.0 Å². The van der Waals surface area contributed by atoms with Gasteiger partial charge in [-0.2, -0.15) is 43.9 Å². The molecule has 0 fully saturated rings. The maximum atomic E-state index is 14.4. The quantitative estimate of drug-likeness (QED) is 0.234. The average Bonchev–Trinajstić information content (AvgIpc) is 2.86. The highest BCUT2D eigenvalue weighted by molar-refractivity contribution is 6.42. The molecular weight excluding hydrogens is 607 g/mol. The van der Waals surface area contributed by atoms with Crippen molar-refractivity contribution in [1.29, 1.82) is 0 Å². The summed E-state index contributed by atoms with van der Waals surface area (Å²) in [5.74, 6) is -12.1. The fourth-order valence-electron chi connectivity index (χ4n) is 3.49. The lowest BCUT2D eigenvalue weighted by molar-refractivity contribution is -0.359. The summed E-state index contributed by atoms with van der Waals surface area (Å²) < 4.78 is 139. The van der Waals surface area contributed by atoms with E-state index in [1.165, 1.54) is 42.5 Å². The summed E-state index contributed by atoms with van der Waals surface area (Å²) in [4.78, 5) is 0. The predicted octanol–water partition coefficient (Wildman–Crippen LogP) is 8.68. The molecule has 218 valence electrons. The minimum atomic E-state index is -6.60. The summed E-state index contributed by atoms with van der Waals surface area (Å²) >= 11 is 12.0.